The zero-order valence-corrected chi connectivity index (χ0v) is 12.3. The van der Waals surface area contributed by atoms with Crippen molar-refractivity contribution in [2.75, 3.05) is 0 Å². The van der Waals surface area contributed by atoms with E-state index in [2.05, 4.69) is 36.8 Å². The molecular formula is C15H17NO2Si. The fraction of sp³-hybridized carbons (Fsp3) is 0.200. The Morgan fingerprint density at radius 2 is 1.68 bits per heavy atom. The van der Waals surface area contributed by atoms with Gasteiger partial charge in [0.25, 0.3) is 0 Å². The largest absolute Gasteiger partial charge is 0.478 e. The Morgan fingerprint density at radius 3 is 2.21 bits per heavy atom. The second-order valence-corrected chi connectivity index (χ2v) is 10.7. The lowest BCUT2D eigenvalue weighted by atomic mass is 10.1. The fourth-order valence-corrected chi connectivity index (χ4v) is 3.04. The Labute approximate surface area is 114 Å². The highest BCUT2D eigenvalue weighted by atomic mass is 28.3. The minimum atomic E-state index is -1.30. The van der Waals surface area contributed by atoms with E-state index >= 15 is 0 Å². The van der Waals surface area contributed by atoms with Gasteiger partial charge in [0.05, 0.1) is 13.6 Å². The summed E-state index contributed by atoms with van der Waals surface area (Å²) in [5, 5.41) is 10.4. The lowest BCUT2D eigenvalue weighted by molar-refractivity contribution is 0.0696. The number of aromatic carboxylic acids is 1. The summed E-state index contributed by atoms with van der Waals surface area (Å²) >= 11 is 0. The van der Waals surface area contributed by atoms with Gasteiger partial charge in [-0.1, -0.05) is 49.1 Å². The second kappa shape index (κ2) is 4.97. The van der Waals surface area contributed by atoms with Gasteiger partial charge in [-0.05, 0) is 11.6 Å². The summed E-state index contributed by atoms with van der Waals surface area (Å²) in [6, 6.07) is 10.00. The molecule has 0 aliphatic rings. The third-order valence-electron chi connectivity index (χ3n) is 3.07. The number of pyridine rings is 1. The first-order chi connectivity index (χ1) is 8.88. The highest BCUT2D eigenvalue weighted by molar-refractivity contribution is 6.88. The molecule has 1 heterocycles. The van der Waals surface area contributed by atoms with E-state index in [0.717, 1.165) is 11.1 Å². The zero-order chi connectivity index (χ0) is 14.0. The van der Waals surface area contributed by atoms with Gasteiger partial charge in [0, 0.05) is 18.0 Å². The van der Waals surface area contributed by atoms with Crippen LogP contribution < -0.4 is 5.19 Å². The van der Waals surface area contributed by atoms with Gasteiger partial charge in [0.15, 0.2) is 0 Å². The molecule has 2 rings (SSSR count). The van der Waals surface area contributed by atoms with Crippen LogP contribution in [0.4, 0.5) is 0 Å². The van der Waals surface area contributed by atoms with Crippen LogP contribution >= 0.6 is 0 Å². The molecule has 4 heteroatoms. The number of rotatable bonds is 3. The molecule has 0 aliphatic carbocycles. The van der Waals surface area contributed by atoms with Crippen LogP contribution in [0.5, 0.6) is 0 Å². The van der Waals surface area contributed by atoms with E-state index in [1.807, 2.05) is 12.1 Å². The number of hydrogen-bond donors (Lipinski definition) is 1. The van der Waals surface area contributed by atoms with Crippen LogP contribution in [-0.4, -0.2) is 24.1 Å². The highest BCUT2D eigenvalue weighted by Gasteiger charge is 2.15. The highest BCUT2D eigenvalue weighted by Crippen LogP contribution is 2.19. The monoisotopic (exact) mass is 271 g/mol. The van der Waals surface area contributed by atoms with E-state index in [0.29, 0.717) is 0 Å². The van der Waals surface area contributed by atoms with Crippen molar-refractivity contribution < 1.29 is 9.90 Å². The quantitative estimate of drug-likeness (QED) is 0.873. The van der Waals surface area contributed by atoms with Crippen molar-refractivity contribution in [1.82, 2.24) is 4.98 Å². The van der Waals surface area contributed by atoms with Crippen molar-refractivity contribution >= 4 is 19.2 Å². The number of nitrogens with zero attached hydrogens (tertiary/aromatic N) is 1. The minimum Gasteiger partial charge on any atom is -0.478 e. The normalized spacial score (nSPS) is 11.3. The molecule has 0 bridgehead atoms. The van der Waals surface area contributed by atoms with Crippen molar-refractivity contribution in [2.45, 2.75) is 19.6 Å². The first-order valence-corrected chi connectivity index (χ1v) is 9.67. The van der Waals surface area contributed by atoms with Crippen LogP contribution in [0.25, 0.3) is 11.1 Å². The Kier molecular flexibility index (Phi) is 3.53. The molecule has 0 aliphatic heterocycles. The summed E-state index contributed by atoms with van der Waals surface area (Å²) < 4.78 is 0. The van der Waals surface area contributed by atoms with E-state index in [4.69, 9.17) is 5.11 Å². The standard InChI is InChI=1S/C15H17NO2Si/c1-19(2,3)14-6-4-11(5-7-14)12-8-13(15(17)18)10-16-9-12/h4-10H,1-3H3,(H,17,18). The Bertz CT molecular complexity index is 600. The molecule has 1 aromatic heterocycles. The minimum absolute atomic E-state index is 0.215. The topological polar surface area (TPSA) is 50.2 Å². The van der Waals surface area contributed by atoms with Crippen LogP contribution in [-0.2, 0) is 0 Å². The van der Waals surface area contributed by atoms with Crippen LogP contribution in [0.1, 0.15) is 10.4 Å². The smallest absolute Gasteiger partial charge is 0.337 e. The van der Waals surface area contributed by atoms with Crippen molar-refractivity contribution in [3.8, 4) is 11.1 Å². The maximum absolute atomic E-state index is 10.9. The molecular weight excluding hydrogens is 254 g/mol. The van der Waals surface area contributed by atoms with Gasteiger partial charge in [-0.15, -0.1) is 0 Å². The summed E-state index contributed by atoms with van der Waals surface area (Å²) in [7, 11) is -1.30. The predicted octanol–water partition coefficient (Wildman–Crippen LogP) is 2.99. The molecule has 0 saturated heterocycles. The third-order valence-corrected chi connectivity index (χ3v) is 5.13. The number of carboxylic acid groups (broad SMARTS) is 1. The average molecular weight is 271 g/mol. The fourth-order valence-electron chi connectivity index (χ4n) is 1.88. The van der Waals surface area contributed by atoms with Crippen LogP contribution in [0.3, 0.4) is 0 Å². The van der Waals surface area contributed by atoms with E-state index < -0.39 is 14.0 Å². The Morgan fingerprint density at radius 1 is 1.05 bits per heavy atom. The number of aromatic nitrogens is 1. The van der Waals surface area contributed by atoms with Gasteiger partial charge in [0.1, 0.15) is 0 Å². The lowest BCUT2D eigenvalue weighted by Gasteiger charge is -2.16. The van der Waals surface area contributed by atoms with Crippen molar-refractivity contribution in [2.24, 2.45) is 0 Å². The van der Waals surface area contributed by atoms with Crippen molar-refractivity contribution in [1.29, 1.82) is 0 Å². The summed E-state index contributed by atoms with van der Waals surface area (Å²) in [4.78, 5) is 14.9. The molecule has 0 amide bonds. The number of hydrogen-bond acceptors (Lipinski definition) is 2. The molecule has 3 nitrogen and oxygen atoms in total. The molecule has 0 spiro atoms. The Hall–Kier alpha value is -1.94. The van der Waals surface area contributed by atoms with E-state index in [-0.39, 0.29) is 5.56 Å². The van der Waals surface area contributed by atoms with E-state index in [9.17, 15) is 4.79 Å². The van der Waals surface area contributed by atoms with Crippen LogP contribution in [0.15, 0.2) is 42.7 Å². The molecule has 1 aromatic carbocycles. The molecule has 1 N–H and O–H groups in total. The van der Waals surface area contributed by atoms with Crippen molar-refractivity contribution in [3.05, 3.63) is 48.3 Å². The molecule has 0 radical (unpaired) electrons. The molecule has 0 saturated carbocycles. The number of carboxylic acids is 1. The maximum atomic E-state index is 10.9. The van der Waals surface area contributed by atoms with E-state index in [1.165, 1.54) is 11.4 Å². The zero-order valence-electron chi connectivity index (χ0n) is 11.3. The number of benzene rings is 1. The lowest BCUT2D eigenvalue weighted by Crippen LogP contribution is -2.37. The van der Waals surface area contributed by atoms with Gasteiger partial charge in [-0.25, -0.2) is 4.79 Å². The Balaban J connectivity index is 2.37. The SMILES string of the molecule is C[Si](C)(C)c1ccc(-c2cncc(C(=O)O)c2)cc1. The average Bonchev–Trinajstić information content (AvgIpc) is 2.38. The second-order valence-electron chi connectivity index (χ2n) is 5.59. The van der Waals surface area contributed by atoms with E-state index in [1.54, 1.807) is 12.3 Å². The summed E-state index contributed by atoms with van der Waals surface area (Å²) in [6.07, 6.45) is 3.05. The molecule has 19 heavy (non-hydrogen) atoms. The molecule has 98 valence electrons. The third kappa shape index (κ3) is 3.09. The van der Waals surface area contributed by atoms with Gasteiger partial charge < -0.3 is 5.11 Å². The van der Waals surface area contributed by atoms with Crippen molar-refractivity contribution in [3.63, 3.8) is 0 Å². The maximum Gasteiger partial charge on any atom is 0.337 e. The first kappa shape index (κ1) is 13.5. The molecule has 0 atom stereocenters. The summed E-state index contributed by atoms with van der Waals surface area (Å²) in [5.41, 5.74) is 2.05. The van der Waals surface area contributed by atoms with Gasteiger partial charge in [-0.3, -0.25) is 4.98 Å². The van der Waals surface area contributed by atoms with Crippen LogP contribution in [0, 0.1) is 0 Å². The first-order valence-electron chi connectivity index (χ1n) is 6.17. The van der Waals surface area contributed by atoms with Gasteiger partial charge in [-0.2, -0.15) is 0 Å². The molecule has 0 unspecified atom stereocenters. The predicted molar refractivity (Wildman–Crippen MR) is 79.6 cm³/mol. The van der Waals surface area contributed by atoms with Gasteiger partial charge >= 0.3 is 5.97 Å². The molecule has 0 fully saturated rings. The summed E-state index contributed by atoms with van der Waals surface area (Å²) in [5.74, 6) is -0.951. The molecule has 2 aromatic rings. The number of carbonyl (C=O) groups is 1. The summed E-state index contributed by atoms with van der Waals surface area (Å²) in [6.45, 7) is 6.90. The van der Waals surface area contributed by atoms with Crippen LogP contribution in [0.2, 0.25) is 19.6 Å². The van der Waals surface area contributed by atoms with Gasteiger partial charge in [0.2, 0.25) is 0 Å².